The second-order valence-corrected chi connectivity index (χ2v) is 2.03. The third-order valence-electron chi connectivity index (χ3n) is 0.626. The third kappa shape index (κ3) is 5.07. The van der Waals surface area contributed by atoms with Gasteiger partial charge >= 0.3 is 0 Å². The Bertz CT molecular complexity index is 176. The molecule has 0 radical (unpaired) electrons. The topological polar surface area (TPSA) is 26.3 Å². The standard InChI is InChI=1S/C6H8O2Si/c1-5(7)4-6(2)8-9-3/h3-4H,1-2H3/b6-4-. The Hall–Kier alpha value is -0.793. The Kier molecular flexibility index (Phi) is 3.76. The largest absolute Gasteiger partial charge is 0.471 e. The molecule has 0 atom stereocenters. The fourth-order valence-corrected chi connectivity index (χ4v) is 0.653. The molecule has 0 aromatic rings. The minimum absolute atomic E-state index is 0.0225. The molecule has 0 amide bonds. The molecule has 48 valence electrons. The van der Waals surface area contributed by atoms with E-state index in [-0.39, 0.29) is 15.0 Å². The molecule has 0 saturated carbocycles. The van der Waals surface area contributed by atoms with Crippen LogP contribution in [0.4, 0.5) is 0 Å². The lowest BCUT2D eigenvalue weighted by Gasteiger charge is -1.92. The summed E-state index contributed by atoms with van der Waals surface area (Å²) in [5.74, 6) is 0.550. The molecule has 0 bridgehead atoms. The van der Waals surface area contributed by atoms with Crippen molar-refractivity contribution in [3.8, 4) is 6.00 Å². The van der Waals surface area contributed by atoms with Gasteiger partial charge in [-0.25, -0.2) is 0 Å². The lowest BCUT2D eigenvalue weighted by atomic mass is 10.4. The summed E-state index contributed by atoms with van der Waals surface area (Å²) in [7, 11) is -0.0829. The zero-order valence-corrected chi connectivity index (χ0v) is 6.47. The molecule has 0 spiro atoms. The summed E-state index contributed by atoms with van der Waals surface area (Å²) >= 11 is 0. The van der Waals surface area contributed by atoms with Crippen molar-refractivity contribution in [2.75, 3.05) is 0 Å². The van der Waals surface area contributed by atoms with Crippen LogP contribution in [0.3, 0.4) is 0 Å². The monoisotopic (exact) mass is 140 g/mol. The lowest BCUT2D eigenvalue weighted by Crippen LogP contribution is -1.88. The van der Waals surface area contributed by atoms with Crippen LogP contribution in [0.1, 0.15) is 13.8 Å². The van der Waals surface area contributed by atoms with Crippen LogP contribution < -0.4 is 0 Å². The molecule has 0 unspecified atom stereocenters. The number of hydrogen-bond acceptors (Lipinski definition) is 2. The van der Waals surface area contributed by atoms with E-state index < -0.39 is 0 Å². The molecule has 0 aromatic carbocycles. The quantitative estimate of drug-likeness (QED) is 0.321. The van der Waals surface area contributed by atoms with Gasteiger partial charge in [-0.2, -0.15) is 0 Å². The summed E-state index contributed by atoms with van der Waals surface area (Å²) in [6, 6.07) is 5.06. The van der Waals surface area contributed by atoms with Crippen LogP contribution in [0.2, 0.25) is 0 Å². The van der Waals surface area contributed by atoms with Crippen LogP contribution in [0.15, 0.2) is 11.8 Å². The van der Waals surface area contributed by atoms with Gasteiger partial charge in [-0.3, -0.25) is 4.79 Å². The second kappa shape index (κ2) is 4.12. The van der Waals surface area contributed by atoms with E-state index >= 15 is 0 Å². The highest BCUT2D eigenvalue weighted by Gasteiger charge is 1.87. The maximum atomic E-state index is 10.3. The van der Waals surface area contributed by atoms with Crippen molar-refractivity contribution in [3.63, 3.8) is 0 Å². The normalized spacial score (nSPS) is 10.1. The first kappa shape index (κ1) is 8.21. The highest BCUT2D eigenvalue weighted by Crippen LogP contribution is 1.90. The van der Waals surface area contributed by atoms with Gasteiger partial charge < -0.3 is 4.43 Å². The van der Waals surface area contributed by atoms with E-state index in [1.54, 1.807) is 6.92 Å². The fourth-order valence-electron chi connectivity index (χ4n) is 0.409. The summed E-state index contributed by atoms with van der Waals surface area (Å²) in [5, 5.41) is 0. The van der Waals surface area contributed by atoms with Crippen molar-refractivity contribution in [1.82, 2.24) is 0 Å². The van der Waals surface area contributed by atoms with Crippen molar-refractivity contribution in [2.24, 2.45) is 0 Å². The minimum Gasteiger partial charge on any atom is -0.471 e. The van der Waals surface area contributed by atoms with E-state index in [1.165, 1.54) is 13.0 Å². The van der Waals surface area contributed by atoms with E-state index in [0.29, 0.717) is 5.76 Å². The van der Waals surface area contributed by atoms with Gasteiger partial charge in [0.2, 0.25) is 9.20 Å². The average Bonchev–Trinajstić information content (AvgIpc) is 1.63. The molecule has 2 nitrogen and oxygen atoms in total. The van der Waals surface area contributed by atoms with Gasteiger partial charge in [-0.1, -0.05) is 0 Å². The van der Waals surface area contributed by atoms with Gasteiger partial charge in [0, 0.05) is 6.08 Å². The molecule has 0 rings (SSSR count). The molecule has 0 aromatic heterocycles. The van der Waals surface area contributed by atoms with E-state index in [2.05, 4.69) is 0 Å². The Labute approximate surface area is 56.7 Å². The number of carbonyl (C=O) groups excluding carboxylic acids is 1. The molecule has 0 saturated heterocycles. The van der Waals surface area contributed by atoms with Crippen molar-refractivity contribution < 1.29 is 9.22 Å². The average molecular weight is 140 g/mol. The first-order valence-electron chi connectivity index (χ1n) is 2.48. The summed E-state index contributed by atoms with van der Waals surface area (Å²) in [6.45, 7) is 3.16. The van der Waals surface area contributed by atoms with E-state index in [1.807, 2.05) is 0 Å². The molecular weight excluding hydrogens is 132 g/mol. The van der Waals surface area contributed by atoms with Crippen LogP contribution >= 0.6 is 0 Å². The number of ketones is 1. The Morgan fingerprint density at radius 2 is 2.22 bits per heavy atom. The van der Waals surface area contributed by atoms with Gasteiger partial charge in [0.05, 0.1) is 5.76 Å². The molecule has 0 N–H and O–H groups in total. The Balaban J connectivity index is 3.88. The fraction of sp³-hybridized carbons (Fsp3) is 0.333. The summed E-state index contributed by atoms with van der Waals surface area (Å²) in [4.78, 5) is 10.3. The first-order valence-corrected chi connectivity index (χ1v) is 3.46. The zero-order valence-electron chi connectivity index (χ0n) is 5.47. The Morgan fingerprint density at radius 3 is 2.56 bits per heavy atom. The maximum Gasteiger partial charge on any atom is 0.245 e. The molecule has 9 heavy (non-hydrogen) atoms. The molecular formula is C6H8O2Si. The van der Waals surface area contributed by atoms with Crippen LogP contribution in [0.25, 0.3) is 0 Å². The first-order chi connectivity index (χ1) is 4.16. The van der Waals surface area contributed by atoms with Gasteiger partial charge in [-0.05, 0) is 13.8 Å². The van der Waals surface area contributed by atoms with Gasteiger partial charge in [-0.15, -0.1) is 6.00 Å². The predicted octanol–water partition coefficient (Wildman–Crippen LogP) is 0.704. The van der Waals surface area contributed by atoms with E-state index in [4.69, 9.17) is 10.4 Å². The highest BCUT2D eigenvalue weighted by molar-refractivity contribution is 6.12. The molecule has 3 heteroatoms. The molecule has 0 aliphatic carbocycles. The van der Waals surface area contributed by atoms with Crippen molar-refractivity contribution >= 4 is 15.0 Å². The van der Waals surface area contributed by atoms with Crippen molar-refractivity contribution in [1.29, 1.82) is 0 Å². The maximum absolute atomic E-state index is 10.3. The van der Waals surface area contributed by atoms with Crippen LogP contribution in [0, 0.1) is 6.00 Å². The van der Waals surface area contributed by atoms with E-state index in [9.17, 15) is 4.79 Å². The lowest BCUT2D eigenvalue weighted by molar-refractivity contribution is -0.112. The van der Waals surface area contributed by atoms with Crippen molar-refractivity contribution in [3.05, 3.63) is 11.8 Å². The second-order valence-electron chi connectivity index (χ2n) is 1.59. The minimum atomic E-state index is -0.0829. The smallest absolute Gasteiger partial charge is 0.245 e. The predicted molar refractivity (Wildman–Crippen MR) is 36.2 cm³/mol. The number of allylic oxidation sites excluding steroid dienone is 2. The van der Waals surface area contributed by atoms with Crippen LogP contribution in [-0.2, 0) is 9.22 Å². The van der Waals surface area contributed by atoms with Gasteiger partial charge in [0.15, 0.2) is 5.78 Å². The van der Waals surface area contributed by atoms with Gasteiger partial charge in [0.1, 0.15) is 0 Å². The number of carbonyl (C=O) groups is 1. The van der Waals surface area contributed by atoms with Gasteiger partial charge in [0.25, 0.3) is 0 Å². The summed E-state index contributed by atoms with van der Waals surface area (Å²) in [5.41, 5.74) is 0. The van der Waals surface area contributed by atoms with Crippen molar-refractivity contribution in [2.45, 2.75) is 13.8 Å². The molecule has 0 fully saturated rings. The van der Waals surface area contributed by atoms with E-state index in [0.717, 1.165) is 0 Å². The molecule has 0 heterocycles. The Morgan fingerprint density at radius 1 is 1.67 bits per heavy atom. The summed E-state index contributed by atoms with van der Waals surface area (Å²) < 4.78 is 4.80. The third-order valence-corrected chi connectivity index (χ3v) is 1.07. The molecule has 0 aliphatic heterocycles. The summed E-state index contributed by atoms with van der Waals surface area (Å²) in [6.07, 6.45) is 1.40. The van der Waals surface area contributed by atoms with Crippen LogP contribution in [-0.4, -0.2) is 15.0 Å². The molecule has 0 aliphatic rings. The zero-order chi connectivity index (χ0) is 7.28. The SMILES string of the molecule is C#[Si]O/C(C)=C\C(C)=O. The highest BCUT2D eigenvalue weighted by atomic mass is 28.2. The number of hydrogen-bond donors (Lipinski definition) is 0. The number of rotatable bonds is 2. The van der Waals surface area contributed by atoms with Crippen LogP contribution in [0.5, 0.6) is 0 Å².